The summed E-state index contributed by atoms with van der Waals surface area (Å²) < 4.78 is 0. The maximum Gasteiger partial charge on any atom is 0.118 e. The van der Waals surface area contributed by atoms with E-state index in [0.29, 0.717) is 10.0 Å². The van der Waals surface area contributed by atoms with Crippen LogP contribution < -0.4 is 0 Å². The van der Waals surface area contributed by atoms with Gasteiger partial charge in [-0.15, -0.1) is 23.2 Å². The van der Waals surface area contributed by atoms with Gasteiger partial charge in [-0.25, -0.2) is 0 Å². The summed E-state index contributed by atoms with van der Waals surface area (Å²) in [6, 6.07) is 15.1. The Kier molecular flexibility index (Phi) is 4.80. The highest BCUT2D eigenvalue weighted by Crippen LogP contribution is 2.37. The fourth-order valence-electron chi connectivity index (χ4n) is 1.87. The van der Waals surface area contributed by atoms with Crippen LogP contribution in [0, 0.1) is 0 Å². The Balaban J connectivity index is 2.49. The van der Waals surface area contributed by atoms with Crippen LogP contribution in [-0.4, -0.2) is 4.84 Å². The maximum absolute atomic E-state index is 6.22. The van der Waals surface area contributed by atoms with Gasteiger partial charge in [0.25, 0.3) is 0 Å². The lowest BCUT2D eigenvalue weighted by Crippen LogP contribution is -2.09. The molecule has 18 heavy (non-hydrogen) atoms. The van der Waals surface area contributed by atoms with E-state index in [2.05, 4.69) is 0 Å². The van der Waals surface area contributed by atoms with Crippen LogP contribution in [-0.2, 0) is 0 Å². The summed E-state index contributed by atoms with van der Waals surface area (Å²) in [7, 11) is 0. The molecule has 4 heteroatoms. The smallest absolute Gasteiger partial charge is 0.104 e. The highest BCUT2D eigenvalue weighted by atomic mass is 35.5. The Labute approximate surface area is 126 Å². The fourth-order valence-corrected chi connectivity index (χ4v) is 2.96. The van der Waals surface area contributed by atoms with Crippen molar-refractivity contribution in [2.45, 2.75) is 10.8 Å². The second kappa shape index (κ2) is 6.16. The normalized spacial score (nSPS) is 12.7. The minimum absolute atomic E-state index is 0.167. The van der Waals surface area contributed by atoms with Crippen molar-refractivity contribution >= 4 is 46.4 Å². The van der Waals surface area contributed by atoms with Crippen molar-refractivity contribution in [1.82, 2.24) is 0 Å². The molecule has 0 saturated heterocycles. The van der Waals surface area contributed by atoms with Crippen LogP contribution in [0.25, 0.3) is 0 Å². The molecule has 0 bridgehead atoms. The second-order valence-corrected chi connectivity index (χ2v) is 5.90. The van der Waals surface area contributed by atoms with Gasteiger partial charge in [0.2, 0.25) is 0 Å². The quantitative estimate of drug-likeness (QED) is 0.615. The van der Waals surface area contributed by atoms with Crippen LogP contribution in [0.15, 0.2) is 48.5 Å². The molecule has 0 aliphatic rings. The zero-order chi connectivity index (χ0) is 13.1. The van der Waals surface area contributed by atoms with Gasteiger partial charge >= 0.3 is 0 Å². The number of alkyl halides is 2. The SMILES string of the molecule is Clc1ccc(C(c2ccccc2)C(Cl)Cl)c(Cl)c1. The Hall–Kier alpha value is -0.400. The molecule has 0 aromatic heterocycles. The Morgan fingerprint density at radius 1 is 0.833 bits per heavy atom. The van der Waals surface area contributed by atoms with Crippen LogP contribution in [0.3, 0.4) is 0 Å². The molecule has 2 aromatic carbocycles. The van der Waals surface area contributed by atoms with Crippen molar-refractivity contribution in [1.29, 1.82) is 0 Å². The van der Waals surface area contributed by atoms with Crippen LogP contribution in [0.5, 0.6) is 0 Å². The van der Waals surface area contributed by atoms with E-state index in [9.17, 15) is 0 Å². The van der Waals surface area contributed by atoms with Gasteiger partial charge in [-0.2, -0.15) is 0 Å². The van der Waals surface area contributed by atoms with E-state index >= 15 is 0 Å². The van der Waals surface area contributed by atoms with E-state index in [1.54, 1.807) is 12.1 Å². The lowest BCUT2D eigenvalue weighted by Gasteiger charge is -2.20. The third kappa shape index (κ3) is 3.13. The Morgan fingerprint density at radius 3 is 2.06 bits per heavy atom. The molecule has 0 N–H and O–H groups in total. The maximum atomic E-state index is 6.22. The Bertz CT molecular complexity index is 523. The molecular formula is C14H10Cl4. The lowest BCUT2D eigenvalue weighted by molar-refractivity contribution is 0.887. The molecule has 0 spiro atoms. The summed E-state index contributed by atoms with van der Waals surface area (Å²) in [5.41, 5.74) is 1.90. The van der Waals surface area contributed by atoms with Gasteiger partial charge in [0.15, 0.2) is 0 Å². The summed E-state index contributed by atoms with van der Waals surface area (Å²) in [4.78, 5) is -0.578. The van der Waals surface area contributed by atoms with Crippen LogP contribution in [0.1, 0.15) is 17.0 Å². The third-order valence-corrected chi connectivity index (χ3v) is 3.77. The fraction of sp³-hybridized carbons (Fsp3) is 0.143. The molecule has 0 aliphatic carbocycles. The summed E-state index contributed by atoms with van der Waals surface area (Å²) >= 11 is 24.3. The summed E-state index contributed by atoms with van der Waals surface area (Å²) in [6.07, 6.45) is 0. The predicted molar refractivity (Wildman–Crippen MR) is 80.2 cm³/mol. The lowest BCUT2D eigenvalue weighted by atomic mass is 9.93. The topological polar surface area (TPSA) is 0 Å². The molecule has 0 aliphatic heterocycles. The minimum Gasteiger partial charge on any atom is -0.104 e. The first-order valence-electron chi connectivity index (χ1n) is 5.37. The van der Waals surface area contributed by atoms with Crippen molar-refractivity contribution in [2.24, 2.45) is 0 Å². The van der Waals surface area contributed by atoms with Gasteiger partial charge in [-0.3, -0.25) is 0 Å². The first kappa shape index (κ1) is 14.0. The molecule has 0 nitrogen and oxygen atoms in total. The van der Waals surface area contributed by atoms with Crippen LogP contribution in [0.4, 0.5) is 0 Å². The molecule has 0 heterocycles. The van der Waals surface area contributed by atoms with Gasteiger partial charge in [0, 0.05) is 16.0 Å². The zero-order valence-corrected chi connectivity index (χ0v) is 12.3. The van der Waals surface area contributed by atoms with Crippen LogP contribution in [0.2, 0.25) is 10.0 Å². The molecule has 1 atom stereocenters. The van der Waals surface area contributed by atoms with Gasteiger partial charge in [-0.1, -0.05) is 59.6 Å². The number of hydrogen-bond acceptors (Lipinski definition) is 0. The molecular weight excluding hydrogens is 310 g/mol. The van der Waals surface area contributed by atoms with Gasteiger partial charge in [0.05, 0.1) is 0 Å². The largest absolute Gasteiger partial charge is 0.118 e. The number of rotatable bonds is 3. The van der Waals surface area contributed by atoms with Crippen molar-refractivity contribution in [3.05, 3.63) is 69.7 Å². The minimum atomic E-state index is -0.578. The van der Waals surface area contributed by atoms with Crippen molar-refractivity contribution in [3.63, 3.8) is 0 Å². The second-order valence-electron chi connectivity index (χ2n) is 3.89. The molecule has 2 aromatic rings. The summed E-state index contributed by atoms with van der Waals surface area (Å²) in [6.45, 7) is 0. The van der Waals surface area contributed by atoms with Gasteiger partial charge in [0.1, 0.15) is 4.84 Å². The zero-order valence-electron chi connectivity index (χ0n) is 9.29. The molecule has 0 radical (unpaired) electrons. The van der Waals surface area contributed by atoms with Gasteiger partial charge in [-0.05, 0) is 23.3 Å². The molecule has 2 rings (SSSR count). The highest BCUT2D eigenvalue weighted by molar-refractivity contribution is 6.45. The molecule has 94 valence electrons. The predicted octanol–water partition coefficient (Wildman–Crippen LogP) is 5.93. The average Bonchev–Trinajstić information content (AvgIpc) is 2.33. The molecule has 0 amide bonds. The van der Waals surface area contributed by atoms with Crippen molar-refractivity contribution in [3.8, 4) is 0 Å². The first-order valence-corrected chi connectivity index (χ1v) is 7.00. The standard InChI is InChI=1S/C14H10Cl4/c15-10-6-7-11(12(16)8-10)13(14(17)18)9-4-2-1-3-5-9/h1-8,13-14H. The summed E-state index contributed by atoms with van der Waals surface area (Å²) in [5, 5.41) is 1.17. The Morgan fingerprint density at radius 2 is 1.50 bits per heavy atom. The van der Waals surface area contributed by atoms with E-state index in [-0.39, 0.29) is 5.92 Å². The first-order chi connectivity index (χ1) is 8.59. The van der Waals surface area contributed by atoms with Crippen molar-refractivity contribution < 1.29 is 0 Å². The number of benzene rings is 2. The van der Waals surface area contributed by atoms with E-state index in [4.69, 9.17) is 46.4 Å². The number of halogens is 4. The monoisotopic (exact) mass is 318 g/mol. The highest BCUT2D eigenvalue weighted by Gasteiger charge is 2.23. The molecule has 0 fully saturated rings. The van der Waals surface area contributed by atoms with E-state index in [1.807, 2.05) is 36.4 Å². The van der Waals surface area contributed by atoms with E-state index in [1.165, 1.54) is 0 Å². The average molecular weight is 320 g/mol. The number of hydrogen-bond donors (Lipinski definition) is 0. The summed E-state index contributed by atoms with van der Waals surface area (Å²) in [5.74, 6) is -0.167. The van der Waals surface area contributed by atoms with Crippen molar-refractivity contribution in [2.75, 3.05) is 0 Å². The third-order valence-electron chi connectivity index (χ3n) is 2.71. The molecule has 1 unspecified atom stereocenters. The van der Waals surface area contributed by atoms with Crippen LogP contribution >= 0.6 is 46.4 Å². The van der Waals surface area contributed by atoms with Gasteiger partial charge < -0.3 is 0 Å². The van der Waals surface area contributed by atoms with E-state index < -0.39 is 4.84 Å². The van der Waals surface area contributed by atoms with E-state index in [0.717, 1.165) is 11.1 Å². The molecule has 0 saturated carbocycles.